The van der Waals surface area contributed by atoms with Crippen molar-refractivity contribution in [3.8, 4) is 0 Å². The van der Waals surface area contributed by atoms with E-state index in [1.807, 2.05) is 0 Å². The van der Waals surface area contributed by atoms with Crippen LogP contribution < -0.4 is 0 Å². The average Bonchev–Trinajstić information content (AvgIpc) is 1.95. The lowest BCUT2D eigenvalue weighted by atomic mass is 10.1. The van der Waals surface area contributed by atoms with Gasteiger partial charge in [-0.15, -0.1) is 0 Å². The topological polar surface area (TPSA) is 0 Å². The van der Waals surface area contributed by atoms with E-state index in [0.717, 1.165) is 6.42 Å². The lowest BCUT2D eigenvalue weighted by molar-refractivity contribution is 1.14. The summed E-state index contributed by atoms with van der Waals surface area (Å²) in [7, 11) is 0. The minimum absolute atomic E-state index is 0.489. The first-order valence-corrected chi connectivity index (χ1v) is 3.17. The molecule has 0 radical (unpaired) electrons. The number of hydrogen-bond acceptors (Lipinski definition) is 0. The van der Waals surface area contributed by atoms with Gasteiger partial charge < -0.3 is 0 Å². The summed E-state index contributed by atoms with van der Waals surface area (Å²) in [5, 5.41) is 0. The molecule has 0 atom stereocenters. The summed E-state index contributed by atoms with van der Waals surface area (Å²) in [4.78, 5) is 0. The Kier molecular flexibility index (Phi) is 1.50. The summed E-state index contributed by atoms with van der Waals surface area (Å²) in [6.45, 7) is 2.56. The predicted molar refractivity (Wildman–Crippen MR) is 40.6 cm³/mol. The van der Waals surface area contributed by atoms with Crippen molar-refractivity contribution in [1.29, 1.82) is 0 Å². The predicted octanol–water partition coefficient (Wildman–Crippen LogP) is 2.56. The van der Waals surface area contributed by atoms with E-state index in [4.69, 9.17) is 1.37 Å². The quantitative estimate of drug-likeness (QED) is 0.535. The summed E-state index contributed by atoms with van der Waals surface area (Å²) in [6, 6.07) is 8.35. The highest BCUT2D eigenvalue weighted by molar-refractivity contribution is 5.20. The molecule has 1 aromatic rings. The Hall–Kier alpha value is -0.780. The summed E-state index contributed by atoms with van der Waals surface area (Å²) >= 11 is 0. The second-order valence-electron chi connectivity index (χ2n) is 2.24. The summed E-state index contributed by atoms with van der Waals surface area (Å²) in [5.74, 6) is 0. The molecule has 0 saturated carbocycles. The van der Waals surface area contributed by atoms with Gasteiger partial charge in [-0.1, -0.05) is 36.7 Å². The van der Waals surface area contributed by atoms with E-state index in [-0.39, 0.29) is 0 Å². The van der Waals surface area contributed by atoms with Gasteiger partial charge in [0.1, 0.15) is 0 Å². The highest BCUT2D eigenvalue weighted by Crippen LogP contribution is 2.02. The summed E-state index contributed by atoms with van der Waals surface area (Å²) in [6.07, 6.45) is 0.875. The second kappa shape index (κ2) is 2.67. The van der Waals surface area contributed by atoms with Crippen molar-refractivity contribution in [2.45, 2.75) is 20.2 Å². The Labute approximate surface area is 57.9 Å². The van der Waals surface area contributed by atoms with Gasteiger partial charge in [0, 0.05) is 1.37 Å². The number of aryl methyl sites for hydroxylation is 2. The number of rotatable bonds is 1. The fourth-order valence-corrected chi connectivity index (χ4v) is 0.755. The van der Waals surface area contributed by atoms with Crippen molar-refractivity contribution < 1.29 is 1.37 Å². The van der Waals surface area contributed by atoms with Gasteiger partial charge in [0.25, 0.3) is 0 Å². The van der Waals surface area contributed by atoms with Crippen LogP contribution in [0.2, 0.25) is 0 Å². The Morgan fingerprint density at radius 3 is 2.56 bits per heavy atom. The van der Waals surface area contributed by atoms with Gasteiger partial charge in [0.05, 0.1) is 0 Å². The van der Waals surface area contributed by atoms with Gasteiger partial charge in [0.2, 0.25) is 0 Å². The highest BCUT2D eigenvalue weighted by atomic mass is 13.9. The van der Waals surface area contributed by atoms with Crippen LogP contribution in [0.3, 0.4) is 0 Å². The van der Waals surface area contributed by atoms with Crippen molar-refractivity contribution in [3.05, 3.63) is 35.4 Å². The number of benzene rings is 1. The molecule has 0 aliphatic heterocycles. The molecule has 0 unspecified atom stereocenters. The van der Waals surface area contributed by atoms with Crippen LogP contribution in [0.4, 0.5) is 0 Å². The van der Waals surface area contributed by atoms with Gasteiger partial charge in [-0.3, -0.25) is 0 Å². The van der Waals surface area contributed by atoms with Crippen molar-refractivity contribution >= 4 is 0 Å². The molecule has 0 amide bonds. The molecule has 0 N–H and O–H groups in total. The highest BCUT2D eigenvalue weighted by Gasteiger charge is 1.84. The van der Waals surface area contributed by atoms with Gasteiger partial charge >= 0.3 is 0 Å². The third-order valence-corrected chi connectivity index (χ3v) is 1.41. The molecular formula is C9H12. The molecule has 0 bridgehead atoms. The summed E-state index contributed by atoms with van der Waals surface area (Å²) < 4.78 is 6.99. The van der Waals surface area contributed by atoms with E-state index in [2.05, 4.69) is 31.2 Å². The third-order valence-electron chi connectivity index (χ3n) is 1.41. The van der Waals surface area contributed by atoms with Gasteiger partial charge in [-0.05, 0) is 18.9 Å². The van der Waals surface area contributed by atoms with Crippen molar-refractivity contribution in [3.63, 3.8) is 0 Å². The maximum absolute atomic E-state index is 6.99. The minimum Gasteiger partial charge on any atom is -0.0613 e. The Bertz CT molecular complexity index is 188. The van der Waals surface area contributed by atoms with E-state index in [1.54, 1.807) is 0 Å². The lowest BCUT2D eigenvalue weighted by Crippen LogP contribution is -1.77. The second-order valence-corrected chi connectivity index (χ2v) is 2.24. The first-order valence-electron chi connectivity index (χ1n) is 3.88. The van der Waals surface area contributed by atoms with Gasteiger partial charge in [-0.2, -0.15) is 0 Å². The molecule has 0 aliphatic rings. The molecule has 0 heteroatoms. The zero-order valence-corrected chi connectivity index (χ0v) is 5.72. The van der Waals surface area contributed by atoms with Crippen LogP contribution in [-0.2, 0) is 6.42 Å². The zero-order valence-electron chi connectivity index (χ0n) is 6.72. The first-order chi connectivity index (χ1) is 4.83. The fraction of sp³-hybridized carbons (Fsp3) is 0.333. The van der Waals surface area contributed by atoms with E-state index >= 15 is 0 Å². The van der Waals surface area contributed by atoms with Crippen LogP contribution in [0.25, 0.3) is 0 Å². The van der Waals surface area contributed by atoms with Crippen LogP contribution in [0, 0.1) is 6.92 Å². The molecule has 0 aliphatic carbocycles. The molecule has 9 heavy (non-hydrogen) atoms. The maximum Gasteiger partial charge on any atom is 0.0234 e. The monoisotopic (exact) mass is 121 g/mol. The first kappa shape index (κ1) is 5.04. The number of hydrogen-bond donors (Lipinski definition) is 0. The molecular weight excluding hydrogens is 108 g/mol. The molecule has 1 rings (SSSR count). The minimum atomic E-state index is 0.489. The molecule has 0 nitrogen and oxygen atoms in total. The van der Waals surface area contributed by atoms with E-state index in [9.17, 15) is 0 Å². The zero-order chi connectivity index (χ0) is 7.40. The largest absolute Gasteiger partial charge is 0.0613 e. The smallest absolute Gasteiger partial charge is 0.0234 e. The molecule has 0 fully saturated rings. The van der Waals surface area contributed by atoms with Crippen LogP contribution in [0.1, 0.15) is 19.4 Å². The molecule has 1 aromatic carbocycles. The Morgan fingerprint density at radius 1 is 1.33 bits per heavy atom. The standard InChI is InChI=1S/C9H12/c1-3-9-6-4-8(2)5-7-9/h4-7H,3H2,1-2H3/i1D. The van der Waals surface area contributed by atoms with Crippen LogP contribution >= 0.6 is 0 Å². The third kappa shape index (κ3) is 1.56. The Balaban J connectivity index is 2.69. The molecule has 0 saturated heterocycles. The van der Waals surface area contributed by atoms with Crippen molar-refractivity contribution in [1.82, 2.24) is 0 Å². The van der Waals surface area contributed by atoms with Crippen molar-refractivity contribution in [2.75, 3.05) is 0 Å². The SMILES string of the molecule is [2H]CCc1ccc(C)cc1. The van der Waals surface area contributed by atoms with Gasteiger partial charge in [-0.25, -0.2) is 0 Å². The summed E-state index contributed by atoms with van der Waals surface area (Å²) in [5.41, 5.74) is 2.55. The molecule has 0 heterocycles. The lowest BCUT2D eigenvalue weighted by Gasteiger charge is -1.94. The van der Waals surface area contributed by atoms with E-state index in [1.165, 1.54) is 11.1 Å². The van der Waals surface area contributed by atoms with Crippen LogP contribution in [0.5, 0.6) is 0 Å². The van der Waals surface area contributed by atoms with Crippen molar-refractivity contribution in [2.24, 2.45) is 0 Å². The van der Waals surface area contributed by atoms with E-state index in [0.29, 0.717) is 6.90 Å². The van der Waals surface area contributed by atoms with Gasteiger partial charge in [0.15, 0.2) is 0 Å². The Morgan fingerprint density at radius 2 is 2.00 bits per heavy atom. The molecule has 0 spiro atoms. The average molecular weight is 121 g/mol. The van der Waals surface area contributed by atoms with E-state index < -0.39 is 0 Å². The fourth-order valence-electron chi connectivity index (χ4n) is 0.755. The maximum atomic E-state index is 6.99. The van der Waals surface area contributed by atoms with Crippen LogP contribution in [-0.4, -0.2) is 0 Å². The van der Waals surface area contributed by atoms with Crippen LogP contribution in [0.15, 0.2) is 24.3 Å². The molecule has 0 aromatic heterocycles. The normalized spacial score (nSPS) is 11.0. The molecule has 48 valence electrons.